The maximum Gasteiger partial charge on any atom is 0.334 e. The summed E-state index contributed by atoms with van der Waals surface area (Å²) in [6.45, 7) is 5.78. The van der Waals surface area contributed by atoms with Crippen LogP contribution in [0, 0.1) is 0 Å². The van der Waals surface area contributed by atoms with Crippen LogP contribution >= 0.6 is 35.4 Å². The first-order chi connectivity index (χ1) is 8.22. The Bertz CT molecular complexity index is 254. The summed E-state index contributed by atoms with van der Waals surface area (Å²) in [5, 5.41) is 0. The van der Waals surface area contributed by atoms with Gasteiger partial charge in [0.25, 0.3) is 0 Å². The Morgan fingerprint density at radius 3 is 3.00 bits per heavy atom. The van der Waals surface area contributed by atoms with E-state index in [1.54, 1.807) is 20.8 Å². The normalized spacial score (nSPS) is 15.0. The number of ether oxygens (including phenoxy) is 1. The SMILES string of the molecule is [2H]B([3H])CSOCCSC(Cl)C(=O)OC(C)(C)C. The van der Waals surface area contributed by atoms with Crippen molar-refractivity contribution in [2.75, 3.05) is 18.0 Å². The molecule has 1 unspecified atom stereocenters. The first kappa shape index (κ1) is 12.9. The highest BCUT2D eigenvalue weighted by Gasteiger charge is 2.23. The molecule has 0 saturated heterocycles. The molecule has 0 amide bonds. The fraction of sp³-hybridized carbons (Fsp3) is 0.889. The lowest BCUT2D eigenvalue weighted by Gasteiger charge is -2.21. The average Bonchev–Trinajstić information content (AvgIpc) is 2.19. The Balaban J connectivity index is 3.58. The van der Waals surface area contributed by atoms with Crippen molar-refractivity contribution in [3.05, 3.63) is 0 Å². The van der Waals surface area contributed by atoms with Crippen LogP contribution in [-0.2, 0) is 13.7 Å². The van der Waals surface area contributed by atoms with Gasteiger partial charge in [-0.2, -0.15) is 0 Å². The Hall–Kier alpha value is 0.485. The van der Waals surface area contributed by atoms with E-state index < -0.39 is 24.1 Å². The van der Waals surface area contributed by atoms with Gasteiger partial charge in [0.1, 0.15) is 13.4 Å². The molecule has 0 aliphatic carbocycles. The summed E-state index contributed by atoms with van der Waals surface area (Å²) in [4.78, 5) is 11.5. The van der Waals surface area contributed by atoms with Crippen LogP contribution in [0.3, 0.4) is 0 Å². The van der Waals surface area contributed by atoms with Crippen molar-refractivity contribution in [2.45, 2.75) is 31.1 Å². The fourth-order valence-electron chi connectivity index (χ4n) is 0.709. The van der Waals surface area contributed by atoms with Crippen molar-refractivity contribution in [3.8, 4) is 0 Å². The van der Waals surface area contributed by atoms with E-state index in [1.165, 1.54) is 11.8 Å². The zero-order valence-electron chi connectivity index (χ0n) is 11.7. The van der Waals surface area contributed by atoms with Crippen LogP contribution in [0.2, 0.25) is 0 Å². The molecule has 0 spiro atoms. The van der Waals surface area contributed by atoms with Crippen LogP contribution in [-0.4, -0.2) is 44.7 Å². The van der Waals surface area contributed by atoms with Crippen LogP contribution in [0.1, 0.15) is 20.8 Å². The van der Waals surface area contributed by atoms with Gasteiger partial charge in [0, 0.05) is 5.75 Å². The summed E-state index contributed by atoms with van der Waals surface area (Å²) in [6.07, 6.45) is 0. The van der Waals surface area contributed by atoms with Crippen LogP contribution in [0.4, 0.5) is 0 Å². The van der Waals surface area contributed by atoms with Gasteiger partial charge >= 0.3 is 5.97 Å². The lowest BCUT2D eigenvalue weighted by molar-refractivity contribution is -0.152. The van der Waals surface area contributed by atoms with Crippen molar-refractivity contribution >= 4 is 49.1 Å². The number of alkyl halides is 1. The van der Waals surface area contributed by atoms with Crippen molar-refractivity contribution in [3.63, 3.8) is 0 Å². The minimum absolute atomic E-state index is 0.307. The van der Waals surface area contributed by atoms with Gasteiger partial charge in [-0.1, -0.05) is 11.6 Å². The first-order valence-electron chi connectivity index (χ1n) is 5.95. The van der Waals surface area contributed by atoms with Gasteiger partial charge in [0.2, 0.25) is 0 Å². The largest absolute Gasteiger partial charge is 0.458 e. The molecule has 0 aliphatic rings. The Morgan fingerprint density at radius 1 is 1.75 bits per heavy atom. The molecule has 0 heterocycles. The molecule has 0 aromatic rings. The maximum atomic E-state index is 11.5. The van der Waals surface area contributed by atoms with Crippen molar-refractivity contribution in [1.82, 2.24) is 0 Å². The second-order valence-corrected chi connectivity index (χ2v) is 6.54. The maximum absolute atomic E-state index is 11.5. The van der Waals surface area contributed by atoms with Crippen LogP contribution in [0.25, 0.3) is 0 Å². The summed E-state index contributed by atoms with van der Waals surface area (Å²) >= 11 is 8.19. The van der Waals surface area contributed by atoms with E-state index in [1.807, 2.05) is 0 Å². The molecule has 0 fully saturated rings. The van der Waals surface area contributed by atoms with Gasteiger partial charge in [0.15, 0.2) is 4.71 Å². The molecule has 0 bridgehead atoms. The molecule has 0 rings (SSSR count). The number of hydrogen-bond acceptors (Lipinski definition) is 5. The molecule has 0 radical (unpaired) electrons. The smallest absolute Gasteiger partial charge is 0.334 e. The van der Waals surface area contributed by atoms with Gasteiger partial charge in [-0.3, -0.25) is 0 Å². The molecule has 7 heteroatoms. The Labute approximate surface area is 115 Å². The molecule has 1 atom stereocenters. The topological polar surface area (TPSA) is 35.5 Å². The van der Waals surface area contributed by atoms with Crippen LogP contribution in [0.15, 0.2) is 0 Å². The number of esters is 1. The molecule has 0 aromatic carbocycles. The predicted molar refractivity (Wildman–Crippen MR) is 74.9 cm³/mol. The molecule has 0 aromatic heterocycles. The number of carbonyl (C=O) groups excluding carboxylic acids is 1. The minimum Gasteiger partial charge on any atom is -0.458 e. The third-order valence-electron chi connectivity index (χ3n) is 1.17. The van der Waals surface area contributed by atoms with Gasteiger partial charge in [-0.15, -0.1) is 11.8 Å². The second kappa shape index (κ2) is 8.56. The van der Waals surface area contributed by atoms with Gasteiger partial charge in [-0.05, 0) is 41.1 Å². The summed E-state index contributed by atoms with van der Waals surface area (Å²) in [6, 6.07) is 0. The zero-order chi connectivity index (χ0) is 14.2. The van der Waals surface area contributed by atoms with Gasteiger partial charge in [-0.25, -0.2) is 4.79 Å². The third-order valence-corrected chi connectivity index (χ3v) is 3.09. The number of thioether (sulfide) groups is 1. The van der Waals surface area contributed by atoms with Crippen LogP contribution < -0.4 is 0 Å². The molecule has 0 saturated carbocycles. The van der Waals surface area contributed by atoms with E-state index in [4.69, 9.17) is 23.2 Å². The average molecular weight is 288 g/mol. The minimum atomic E-state index is -0.884. The number of hydrogen-bond donors (Lipinski definition) is 0. The van der Waals surface area contributed by atoms with E-state index in [0.29, 0.717) is 18.0 Å². The van der Waals surface area contributed by atoms with Crippen LogP contribution in [0.5, 0.6) is 0 Å². The zero-order valence-corrected chi connectivity index (χ0v) is 12.1. The lowest BCUT2D eigenvalue weighted by atomic mass is 10.2. The first-order valence-corrected chi connectivity index (χ1v) is 7.19. The number of rotatable bonds is 8. The molecule has 16 heavy (non-hydrogen) atoms. The third kappa shape index (κ3) is 9.69. The number of halogens is 1. The molecular weight excluding hydrogens is 266 g/mol. The van der Waals surface area contributed by atoms with Crippen molar-refractivity contribution in [2.24, 2.45) is 0 Å². The Kier molecular flexibility index (Phi) is 6.92. The van der Waals surface area contributed by atoms with Crippen molar-refractivity contribution in [1.29, 1.82) is 2.67 Å². The summed E-state index contributed by atoms with van der Waals surface area (Å²) in [7, 11) is -0.884. The van der Waals surface area contributed by atoms with Gasteiger partial charge < -0.3 is 8.92 Å². The molecular formula is C9H18BClO3S2. The van der Waals surface area contributed by atoms with E-state index in [-0.39, 0.29) is 0 Å². The summed E-state index contributed by atoms with van der Waals surface area (Å²) < 4.78 is 23.4. The lowest BCUT2D eigenvalue weighted by Crippen LogP contribution is -2.28. The van der Waals surface area contributed by atoms with E-state index in [2.05, 4.69) is 0 Å². The molecule has 3 nitrogen and oxygen atoms in total. The van der Waals surface area contributed by atoms with Gasteiger partial charge in [0.05, 0.1) is 6.61 Å². The highest BCUT2D eigenvalue weighted by molar-refractivity contribution is 8.01. The molecule has 0 aliphatic heterocycles. The second-order valence-electron chi connectivity index (χ2n) is 3.83. The van der Waals surface area contributed by atoms with E-state index in [0.717, 1.165) is 12.0 Å². The highest BCUT2D eigenvalue weighted by atomic mass is 35.5. The highest BCUT2D eigenvalue weighted by Crippen LogP contribution is 2.20. The number of carbonyl (C=O) groups is 1. The molecule has 94 valence electrons. The molecule has 0 N–H and O–H groups in total. The summed E-state index contributed by atoms with van der Waals surface area (Å²) in [5.74, 6) is 0.111. The predicted octanol–water partition coefficient (Wildman–Crippen LogP) is 1.88. The van der Waals surface area contributed by atoms with Crippen molar-refractivity contribution < 1.29 is 13.7 Å². The standard InChI is InChI=1S/C9H18BClO3S2/c1-9(2,3)14-8(12)7(11)15-5-4-13-16-6-10/h7H,4-6,10H2,1-3H3/i10TD. The Morgan fingerprint density at radius 2 is 2.44 bits per heavy atom. The van der Waals surface area contributed by atoms with E-state index >= 15 is 0 Å². The van der Waals surface area contributed by atoms with E-state index in [9.17, 15) is 4.79 Å². The quantitative estimate of drug-likeness (QED) is 0.224. The monoisotopic (exact) mass is 287 g/mol. The fourth-order valence-corrected chi connectivity index (χ4v) is 1.99. The summed E-state index contributed by atoms with van der Waals surface area (Å²) in [5.41, 5.74) is -0.227.